The number of nitrogens with two attached hydrogens (primary N) is 1. The molecule has 3 unspecified atom stereocenters. The molecule has 1 aliphatic heterocycles. The van der Waals surface area contributed by atoms with Crippen molar-refractivity contribution in [2.45, 2.75) is 30.9 Å². The van der Waals surface area contributed by atoms with Gasteiger partial charge in [0.05, 0.1) is 12.7 Å². The lowest BCUT2D eigenvalue weighted by molar-refractivity contribution is -0.147. The molecule has 8 nitrogen and oxygen atoms in total. The molecule has 1 aromatic heterocycles. The van der Waals surface area contributed by atoms with Crippen LogP contribution >= 0.6 is 0 Å². The molecule has 2 heterocycles. The van der Waals surface area contributed by atoms with Crippen molar-refractivity contribution in [2.75, 3.05) is 25.6 Å². The number of nitrogens with zero attached hydrogens (tertiary/aromatic N) is 2. The Hall–Kier alpha value is -2.13. The van der Waals surface area contributed by atoms with Crippen LogP contribution in [0.4, 0.5) is 19.1 Å². The van der Waals surface area contributed by atoms with Crippen molar-refractivity contribution in [3.05, 3.63) is 11.8 Å². The molecule has 25 heavy (non-hydrogen) atoms. The molecule has 0 aromatic carbocycles. The average Bonchev–Trinajstić information content (AvgIpc) is 2.55. The van der Waals surface area contributed by atoms with E-state index in [2.05, 4.69) is 15.9 Å². The third-order valence-corrected chi connectivity index (χ3v) is 3.01. The molecular weight excluding hydrogens is 347 g/mol. The fourth-order valence-corrected chi connectivity index (χ4v) is 1.80. The molecule has 0 aliphatic carbocycles. The maximum Gasteiger partial charge on any atom is 0.433 e. The first kappa shape index (κ1) is 20.9. The Morgan fingerprint density at radius 1 is 1.40 bits per heavy atom. The summed E-state index contributed by atoms with van der Waals surface area (Å²) >= 11 is 0. The topological polar surface area (TPSA) is 131 Å². The predicted molar refractivity (Wildman–Crippen MR) is 79.2 cm³/mol. The Balaban J connectivity index is 0.000000271. The number of aliphatic hydroxyl groups excluding tert-OH is 3. The van der Waals surface area contributed by atoms with Gasteiger partial charge in [0, 0.05) is 12.7 Å². The normalized spacial score (nSPS) is 23.2. The first-order valence-corrected chi connectivity index (χ1v) is 7.05. The largest absolute Gasteiger partial charge is 0.464 e. The van der Waals surface area contributed by atoms with Gasteiger partial charge in [-0.15, -0.1) is 6.42 Å². The lowest BCUT2D eigenvalue weighted by Gasteiger charge is -2.30. The number of terminal acetylenes is 1. The summed E-state index contributed by atoms with van der Waals surface area (Å²) in [6.07, 6.45) is -1.57. The fraction of sp³-hybridized carbons (Fsp3) is 0.571. The van der Waals surface area contributed by atoms with Crippen molar-refractivity contribution in [3.63, 3.8) is 0 Å². The molecule has 0 spiro atoms. The maximum atomic E-state index is 12.2. The van der Waals surface area contributed by atoms with Crippen LogP contribution < -0.4 is 10.5 Å². The van der Waals surface area contributed by atoms with E-state index in [9.17, 15) is 13.2 Å². The molecule has 11 heteroatoms. The summed E-state index contributed by atoms with van der Waals surface area (Å²) in [5.74, 6) is 1.27. The minimum atomic E-state index is -4.59. The third kappa shape index (κ3) is 6.71. The van der Waals surface area contributed by atoms with Crippen molar-refractivity contribution in [1.82, 2.24) is 9.97 Å². The van der Waals surface area contributed by atoms with Crippen molar-refractivity contribution in [2.24, 2.45) is 0 Å². The van der Waals surface area contributed by atoms with Crippen molar-refractivity contribution in [1.29, 1.82) is 0 Å². The first-order valence-electron chi connectivity index (χ1n) is 7.05. The van der Waals surface area contributed by atoms with Crippen molar-refractivity contribution < 1.29 is 38.0 Å². The van der Waals surface area contributed by atoms with Crippen LogP contribution in [0.3, 0.4) is 0 Å². The van der Waals surface area contributed by atoms with Gasteiger partial charge >= 0.3 is 6.18 Å². The molecule has 1 aliphatic rings. The molecule has 140 valence electrons. The summed E-state index contributed by atoms with van der Waals surface area (Å²) in [7, 11) is 0. The second kappa shape index (κ2) is 9.38. The molecule has 0 radical (unpaired) electrons. The van der Waals surface area contributed by atoms with Gasteiger partial charge < -0.3 is 30.5 Å². The van der Waals surface area contributed by atoms with Gasteiger partial charge in [-0.1, -0.05) is 5.92 Å². The lowest BCUT2D eigenvalue weighted by atomic mass is 10.0. The number of halogens is 3. The zero-order valence-corrected chi connectivity index (χ0v) is 13.0. The van der Waals surface area contributed by atoms with E-state index >= 15 is 0 Å². The van der Waals surface area contributed by atoms with Gasteiger partial charge in [0.15, 0.2) is 12.3 Å². The average molecular weight is 365 g/mol. The van der Waals surface area contributed by atoms with Gasteiger partial charge in [-0.2, -0.15) is 18.2 Å². The molecule has 5 N–H and O–H groups in total. The number of anilines is 1. The Bertz CT molecular complexity index is 594. The molecule has 1 fully saturated rings. The predicted octanol–water partition coefficient (Wildman–Crippen LogP) is -0.421. The van der Waals surface area contributed by atoms with Gasteiger partial charge in [0.25, 0.3) is 0 Å². The smallest absolute Gasteiger partial charge is 0.433 e. The number of aliphatic hydroxyl groups is 3. The Morgan fingerprint density at radius 2 is 2.08 bits per heavy atom. The van der Waals surface area contributed by atoms with Crippen LogP contribution in [0.15, 0.2) is 6.07 Å². The van der Waals surface area contributed by atoms with Gasteiger partial charge in [-0.05, 0) is 6.42 Å². The Labute approximate surface area is 141 Å². The van der Waals surface area contributed by atoms with Crippen LogP contribution in [-0.2, 0) is 10.9 Å². The standard InChI is InChI=1S/C8H6F3N3O.C6H12O4/c1-2-3-15-6-4-5(8(9,10)11)13-7(12)14-6;7-3-5-6(9)4(8)1-2-10-5/h1,4H,3H2,(H2,12,13,14);4-9H,1-3H2. The van der Waals surface area contributed by atoms with Crippen molar-refractivity contribution >= 4 is 5.95 Å². The molecule has 1 saturated heterocycles. The Morgan fingerprint density at radius 3 is 2.60 bits per heavy atom. The molecule has 1 aromatic rings. The summed E-state index contributed by atoms with van der Waals surface area (Å²) in [5, 5.41) is 26.7. The number of rotatable bonds is 3. The summed E-state index contributed by atoms with van der Waals surface area (Å²) in [6, 6.07) is 0.633. The second-order valence-corrected chi connectivity index (χ2v) is 4.88. The number of hydrogen-bond donors (Lipinski definition) is 4. The van der Waals surface area contributed by atoms with Crippen LogP contribution in [0.25, 0.3) is 0 Å². The van der Waals surface area contributed by atoms with Crippen LogP contribution in [0, 0.1) is 12.3 Å². The monoisotopic (exact) mass is 365 g/mol. The highest BCUT2D eigenvalue weighted by Gasteiger charge is 2.33. The number of hydrogen-bond acceptors (Lipinski definition) is 8. The molecule has 3 atom stereocenters. The molecular formula is C14H18F3N3O5. The Kier molecular flexibility index (Phi) is 7.85. The van der Waals surface area contributed by atoms with Gasteiger partial charge in [-0.25, -0.2) is 4.98 Å². The maximum absolute atomic E-state index is 12.2. The number of aromatic nitrogens is 2. The van der Waals surface area contributed by atoms with Crippen LogP contribution in [0.1, 0.15) is 12.1 Å². The minimum Gasteiger partial charge on any atom is -0.464 e. The summed E-state index contributed by atoms with van der Waals surface area (Å²) in [6.45, 7) is -0.0184. The van der Waals surface area contributed by atoms with E-state index in [1.807, 2.05) is 0 Å². The zero-order chi connectivity index (χ0) is 19.0. The second-order valence-electron chi connectivity index (χ2n) is 4.88. The number of ether oxygens (including phenoxy) is 2. The van der Waals surface area contributed by atoms with E-state index < -0.39 is 36.1 Å². The zero-order valence-electron chi connectivity index (χ0n) is 13.0. The SMILES string of the molecule is C#CCOc1cc(C(F)(F)F)nc(N)n1.OCC1OCCC(O)C1O. The van der Waals surface area contributed by atoms with Crippen LogP contribution in [0.5, 0.6) is 5.88 Å². The van der Waals surface area contributed by atoms with Crippen molar-refractivity contribution in [3.8, 4) is 18.2 Å². The van der Waals surface area contributed by atoms with Crippen LogP contribution in [-0.4, -0.2) is 63.4 Å². The highest BCUT2D eigenvalue weighted by molar-refractivity contribution is 5.27. The molecule has 0 saturated carbocycles. The summed E-state index contributed by atoms with van der Waals surface area (Å²) in [5.41, 5.74) is 3.91. The van der Waals surface area contributed by atoms with Crippen LogP contribution in [0.2, 0.25) is 0 Å². The summed E-state index contributed by atoms with van der Waals surface area (Å²) in [4.78, 5) is 6.46. The quantitative estimate of drug-likeness (QED) is 0.531. The lowest BCUT2D eigenvalue weighted by Crippen LogP contribution is -2.46. The number of alkyl halides is 3. The van der Waals surface area contributed by atoms with E-state index in [1.165, 1.54) is 0 Å². The highest BCUT2D eigenvalue weighted by atomic mass is 19.4. The third-order valence-electron chi connectivity index (χ3n) is 3.01. The minimum absolute atomic E-state index is 0.187. The number of nitrogen functional groups attached to an aromatic ring is 1. The van der Waals surface area contributed by atoms with Gasteiger partial charge in [0.1, 0.15) is 12.2 Å². The fourth-order valence-electron chi connectivity index (χ4n) is 1.80. The van der Waals surface area contributed by atoms with E-state index in [0.29, 0.717) is 19.1 Å². The molecule has 2 rings (SSSR count). The molecule has 0 amide bonds. The van der Waals surface area contributed by atoms with E-state index in [-0.39, 0.29) is 19.1 Å². The van der Waals surface area contributed by atoms with Gasteiger partial charge in [-0.3, -0.25) is 0 Å². The van der Waals surface area contributed by atoms with Gasteiger partial charge in [0.2, 0.25) is 11.8 Å². The van der Waals surface area contributed by atoms with E-state index in [1.54, 1.807) is 0 Å². The van der Waals surface area contributed by atoms with E-state index in [4.69, 9.17) is 37.0 Å². The highest BCUT2D eigenvalue weighted by Crippen LogP contribution is 2.29. The summed E-state index contributed by atoms with van der Waals surface area (Å²) < 4.78 is 46.3. The molecule has 0 bridgehead atoms. The van der Waals surface area contributed by atoms with E-state index in [0.717, 1.165) is 0 Å². The first-order chi connectivity index (χ1) is 11.7.